The van der Waals surface area contributed by atoms with E-state index in [1.807, 2.05) is 29.2 Å². The first kappa shape index (κ1) is 28.7. The number of nitrogens with one attached hydrogen (secondary N) is 1. The fourth-order valence-electron chi connectivity index (χ4n) is 5.78. The summed E-state index contributed by atoms with van der Waals surface area (Å²) in [5, 5.41) is 12.4. The van der Waals surface area contributed by atoms with Crippen LogP contribution in [0.3, 0.4) is 0 Å². The number of hydrogen-bond acceptors (Lipinski definition) is 7. The number of alkyl halides is 3. The van der Waals surface area contributed by atoms with Crippen LogP contribution in [-0.4, -0.2) is 52.9 Å². The number of piperidine rings is 1. The van der Waals surface area contributed by atoms with Crippen LogP contribution in [0.4, 0.5) is 24.9 Å². The van der Waals surface area contributed by atoms with Crippen LogP contribution in [0.15, 0.2) is 54.6 Å². The molecule has 5 rings (SSSR count). The van der Waals surface area contributed by atoms with Gasteiger partial charge in [-0.3, -0.25) is 4.79 Å². The van der Waals surface area contributed by atoms with Gasteiger partial charge in [0.25, 0.3) is 0 Å². The van der Waals surface area contributed by atoms with Gasteiger partial charge in [-0.1, -0.05) is 61.9 Å². The largest absolute Gasteiger partial charge is 0.480 e. The van der Waals surface area contributed by atoms with E-state index in [9.17, 15) is 23.1 Å². The van der Waals surface area contributed by atoms with Crippen LogP contribution in [0.5, 0.6) is 5.88 Å². The Hall–Kier alpha value is -3.86. The first-order chi connectivity index (χ1) is 19.5. The van der Waals surface area contributed by atoms with E-state index in [4.69, 9.17) is 10.5 Å². The molecule has 0 aliphatic carbocycles. The van der Waals surface area contributed by atoms with Crippen LogP contribution in [0.1, 0.15) is 49.8 Å². The third kappa shape index (κ3) is 6.56. The highest BCUT2D eigenvalue weighted by Crippen LogP contribution is 2.41. The number of nitrogens with two attached hydrogens (primary N) is 1. The van der Waals surface area contributed by atoms with E-state index >= 15 is 0 Å². The summed E-state index contributed by atoms with van der Waals surface area (Å²) in [7, 11) is 0. The van der Waals surface area contributed by atoms with Gasteiger partial charge in [-0.25, -0.2) is 0 Å². The number of rotatable bonds is 8. The van der Waals surface area contributed by atoms with Crippen LogP contribution < -0.4 is 20.7 Å². The molecule has 1 unspecified atom stereocenters. The molecule has 2 aliphatic rings. The lowest BCUT2D eigenvalue weighted by molar-refractivity contribution is -0.198. The predicted octanol–water partition coefficient (Wildman–Crippen LogP) is 5.39. The molecule has 0 saturated carbocycles. The summed E-state index contributed by atoms with van der Waals surface area (Å²) in [5.74, 6) is -0.927. The summed E-state index contributed by atoms with van der Waals surface area (Å²) in [6.45, 7) is 3.85. The molecule has 2 atom stereocenters. The second-order valence-electron chi connectivity index (χ2n) is 11.0. The van der Waals surface area contributed by atoms with E-state index in [-0.39, 0.29) is 22.8 Å². The van der Waals surface area contributed by atoms with E-state index in [0.29, 0.717) is 31.9 Å². The minimum atomic E-state index is -4.70. The molecule has 8 nitrogen and oxygen atoms in total. The van der Waals surface area contributed by atoms with Crippen molar-refractivity contribution >= 4 is 17.7 Å². The Labute approximate surface area is 236 Å². The minimum Gasteiger partial charge on any atom is -0.480 e. The Bertz CT molecular complexity index is 1360. The molecule has 2 aromatic carbocycles. The van der Waals surface area contributed by atoms with E-state index in [2.05, 4.69) is 22.2 Å². The van der Waals surface area contributed by atoms with Crippen molar-refractivity contribution in [2.75, 3.05) is 30.3 Å². The standard InChI is InChI=1S/C30H34F3N5O3/c1-2-3-19-4-6-20(7-5-19)21-8-10-22(11-9-21)26(30(31,32)33)41-25-16-24(36-28(34)37-25)38-14-12-29(13-15-38)17-23(27(39)40)35-18-29/h4-11,16,23,26,35H,2-3,12-15,17-18H2,1H3,(H,39,40)(H2,34,36,37)/t23?,26-/m1/s1. The Balaban J connectivity index is 1.30. The first-order valence-corrected chi connectivity index (χ1v) is 13.8. The number of carbonyl (C=O) groups is 1. The van der Waals surface area contributed by atoms with Crippen molar-refractivity contribution in [3.63, 3.8) is 0 Å². The van der Waals surface area contributed by atoms with Gasteiger partial charge < -0.3 is 25.8 Å². The number of carboxylic acids is 1. The molecular weight excluding hydrogens is 535 g/mol. The average Bonchev–Trinajstić information content (AvgIpc) is 3.36. The Morgan fingerprint density at radius 2 is 1.76 bits per heavy atom. The predicted molar refractivity (Wildman–Crippen MR) is 150 cm³/mol. The molecule has 0 bridgehead atoms. The topological polar surface area (TPSA) is 114 Å². The molecular formula is C30H34F3N5O3. The van der Waals surface area contributed by atoms with Gasteiger partial charge in [0.2, 0.25) is 17.9 Å². The molecule has 3 heterocycles. The number of hydrogen-bond donors (Lipinski definition) is 3. The lowest BCUT2D eigenvalue weighted by atomic mass is 9.76. The van der Waals surface area contributed by atoms with Crippen molar-refractivity contribution in [2.24, 2.45) is 5.41 Å². The van der Waals surface area contributed by atoms with E-state index in [1.54, 1.807) is 12.1 Å². The summed E-state index contributed by atoms with van der Waals surface area (Å²) in [6.07, 6.45) is -2.93. The summed E-state index contributed by atoms with van der Waals surface area (Å²) >= 11 is 0. The van der Waals surface area contributed by atoms with Crippen molar-refractivity contribution in [3.8, 4) is 17.0 Å². The van der Waals surface area contributed by atoms with Crippen LogP contribution in [-0.2, 0) is 11.2 Å². The molecule has 1 spiro atoms. The van der Waals surface area contributed by atoms with Gasteiger partial charge in [0.15, 0.2) is 0 Å². The highest BCUT2D eigenvalue weighted by Gasteiger charge is 2.45. The lowest BCUT2D eigenvalue weighted by Crippen LogP contribution is -2.41. The molecule has 11 heteroatoms. The molecule has 0 amide bonds. The smallest absolute Gasteiger partial charge is 0.429 e. The first-order valence-electron chi connectivity index (χ1n) is 13.8. The molecule has 3 aromatic rings. The Morgan fingerprint density at radius 3 is 2.32 bits per heavy atom. The number of ether oxygens (including phenoxy) is 1. The van der Waals surface area contributed by atoms with Crippen LogP contribution >= 0.6 is 0 Å². The number of aromatic nitrogens is 2. The summed E-state index contributed by atoms with van der Waals surface area (Å²) in [4.78, 5) is 21.5. The zero-order valence-corrected chi connectivity index (χ0v) is 22.8. The van der Waals surface area contributed by atoms with Crippen molar-refractivity contribution in [3.05, 3.63) is 65.7 Å². The highest BCUT2D eigenvalue weighted by molar-refractivity contribution is 5.74. The van der Waals surface area contributed by atoms with Crippen LogP contribution in [0.2, 0.25) is 0 Å². The molecule has 41 heavy (non-hydrogen) atoms. The average molecular weight is 570 g/mol. The maximum Gasteiger partial charge on any atom is 0.429 e. The normalized spacial score (nSPS) is 19.3. The Kier molecular flexibility index (Phi) is 8.08. The molecule has 2 fully saturated rings. The maximum atomic E-state index is 14.2. The lowest BCUT2D eigenvalue weighted by Gasteiger charge is -2.39. The molecule has 218 valence electrons. The number of anilines is 2. The summed E-state index contributed by atoms with van der Waals surface area (Å²) in [6, 6.07) is 15.0. The number of benzene rings is 2. The third-order valence-corrected chi connectivity index (χ3v) is 8.09. The second-order valence-corrected chi connectivity index (χ2v) is 11.0. The van der Waals surface area contributed by atoms with Gasteiger partial charge >= 0.3 is 12.1 Å². The van der Waals surface area contributed by atoms with Crippen molar-refractivity contribution in [1.82, 2.24) is 15.3 Å². The van der Waals surface area contributed by atoms with E-state index in [1.165, 1.54) is 23.8 Å². The summed E-state index contributed by atoms with van der Waals surface area (Å²) < 4.78 is 48.0. The number of aryl methyl sites for hydroxylation is 1. The zero-order chi connectivity index (χ0) is 29.2. The van der Waals surface area contributed by atoms with Gasteiger partial charge in [-0.2, -0.15) is 23.1 Å². The number of nitrogen functional groups attached to an aromatic ring is 1. The van der Waals surface area contributed by atoms with Crippen molar-refractivity contribution < 1.29 is 27.8 Å². The molecule has 0 radical (unpaired) electrons. The van der Waals surface area contributed by atoms with Gasteiger partial charge in [-0.15, -0.1) is 0 Å². The number of nitrogens with zero attached hydrogens (tertiary/aromatic N) is 3. The number of aliphatic carboxylic acids is 1. The van der Waals surface area contributed by atoms with Gasteiger partial charge in [0, 0.05) is 31.3 Å². The molecule has 1 aromatic heterocycles. The molecule has 4 N–H and O–H groups in total. The van der Waals surface area contributed by atoms with E-state index in [0.717, 1.165) is 36.8 Å². The SMILES string of the molecule is CCCc1ccc(-c2ccc([C@@H](Oc3cc(N4CCC5(CC4)CNC(C(=O)O)C5)nc(N)n3)C(F)(F)F)cc2)cc1. The Morgan fingerprint density at radius 1 is 1.12 bits per heavy atom. The van der Waals surface area contributed by atoms with Gasteiger partial charge in [-0.05, 0) is 47.8 Å². The minimum absolute atomic E-state index is 0.0516. The fourth-order valence-corrected chi connectivity index (χ4v) is 5.78. The van der Waals surface area contributed by atoms with Crippen molar-refractivity contribution in [2.45, 2.75) is 57.3 Å². The zero-order valence-electron chi connectivity index (χ0n) is 22.8. The van der Waals surface area contributed by atoms with Crippen LogP contribution in [0.25, 0.3) is 11.1 Å². The monoisotopic (exact) mass is 569 g/mol. The number of carboxylic acid groups (broad SMARTS) is 1. The third-order valence-electron chi connectivity index (χ3n) is 8.09. The molecule has 2 aliphatic heterocycles. The van der Waals surface area contributed by atoms with Gasteiger partial charge in [0.05, 0.1) is 0 Å². The summed E-state index contributed by atoms with van der Waals surface area (Å²) in [5.41, 5.74) is 8.65. The van der Waals surface area contributed by atoms with Crippen LogP contribution in [0, 0.1) is 5.41 Å². The molecule has 2 saturated heterocycles. The van der Waals surface area contributed by atoms with Gasteiger partial charge in [0.1, 0.15) is 11.9 Å². The second kappa shape index (κ2) is 11.6. The number of halogens is 3. The highest BCUT2D eigenvalue weighted by atomic mass is 19.4. The quantitative estimate of drug-likeness (QED) is 0.331. The fraction of sp³-hybridized carbons (Fsp3) is 0.433. The van der Waals surface area contributed by atoms with Crippen molar-refractivity contribution in [1.29, 1.82) is 0 Å². The maximum absolute atomic E-state index is 14.2. The van der Waals surface area contributed by atoms with E-state index < -0.39 is 24.3 Å².